The number of aromatic nitrogens is 3. The molecule has 1 fully saturated rings. The first-order valence-corrected chi connectivity index (χ1v) is 5.05. The number of hydrogen-bond donors (Lipinski definition) is 0. The van der Waals surface area contributed by atoms with Crippen LogP contribution in [0.5, 0.6) is 0 Å². The molecular formula is C9H11ClN4. The molecule has 14 heavy (non-hydrogen) atoms. The Bertz CT molecular complexity index is 375. The number of nitrogens with zero attached hydrogens (tertiary/aromatic N) is 4. The van der Waals surface area contributed by atoms with Crippen molar-refractivity contribution in [1.29, 1.82) is 5.26 Å². The van der Waals surface area contributed by atoms with Crippen LogP contribution in [0.1, 0.15) is 18.7 Å². The quantitative estimate of drug-likeness (QED) is 0.765. The standard InChI is InChI=1S/C9H11ClN4/c1-6-12-9(10)13-14(6)5-8(4-11)7-2-3-7/h7-8H,2-3,5H2,1H3. The first kappa shape index (κ1) is 9.47. The molecule has 1 heterocycles. The zero-order chi connectivity index (χ0) is 10.1. The van der Waals surface area contributed by atoms with E-state index in [1.807, 2.05) is 6.92 Å². The summed E-state index contributed by atoms with van der Waals surface area (Å²) in [4.78, 5) is 3.99. The summed E-state index contributed by atoms with van der Waals surface area (Å²) in [7, 11) is 0. The third-order valence-electron chi connectivity index (χ3n) is 2.56. The van der Waals surface area contributed by atoms with Crippen molar-refractivity contribution in [2.24, 2.45) is 11.8 Å². The number of nitriles is 1. The minimum absolute atomic E-state index is 0.0615. The Morgan fingerprint density at radius 1 is 1.71 bits per heavy atom. The first-order chi connectivity index (χ1) is 6.70. The van der Waals surface area contributed by atoms with Crippen molar-refractivity contribution in [3.8, 4) is 6.07 Å². The predicted octanol–water partition coefficient (Wildman–Crippen LogP) is 1.79. The van der Waals surface area contributed by atoms with Crippen molar-refractivity contribution in [3.05, 3.63) is 11.1 Å². The van der Waals surface area contributed by atoms with Gasteiger partial charge in [-0.05, 0) is 37.3 Å². The van der Waals surface area contributed by atoms with Gasteiger partial charge in [-0.3, -0.25) is 0 Å². The maximum atomic E-state index is 8.95. The van der Waals surface area contributed by atoms with Crippen LogP contribution in [0.15, 0.2) is 0 Å². The van der Waals surface area contributed by atoms with Crippen molar-refractivity contribution in [3.63, 3.8) is 0 Å². The van der Waals surface area contributed by atoms with Gasteiger partial charge in [-0.1, -0.05) is 0 Å². The number of hydrogen-bond acceptors (Lipinski definition) is 3. The summed E-state index contributed by atoms with van der Waals surface area (Å²) in [6, 6.07) is 2.32. The molecule has 0 saturated heterocycles. The zero-order valence-corrected chi connectivity index (χ0v) is 8.70. The van der Waals surface area contributed by atoms with Gasteiger partial charge < -0.3 is 0 Å². The highest BCUT2D eigenvalue weighted by Gasteiger charge is 2.31. The van der Waals surface area contributed by atoms with Crippen LogP contribution < -0.4 is 0 Å². The lowest BCUT2D eigenvalue weighted by molar-refractivity contribution is 0.447. The average molecular weight is 211 g/mol. The molecule has 0 aromatic carbocycles. The summed E-state index contributed by atoms with van der Waals surface area (Å²) < 4.78 is 1.72. The summed E-state index contributed by atoms with van der Waals surface area (Å²) in [6.45, 7) is 2.47. The van der Waals surface area contributed by atoms with Gasteiger partial charge in [0.05, 0.1) is 18.5 Å². The maximum absolute atomic E-state index is 8.95. The fourth-order valence-electron chi connectivity index (χ4n) is 1.54. The molecule has 0 radical (unpaired) electrons. The fraction of sp³-hybridized carbons (Fsp3) is 0.667. The molecule has 1 aromatic rings. The molecule has 0 N–H and O–H groups in total. The molecule has 0 amide bonds. The van der Waals surface area contributed by atoms with Gasteiger partial charge in [0.15, 0.2) is 0 Å². The highest BCUT2D eigenvalue weighted by atomic mass is 35.5. The van der Waals surface area contributed by atoms with Crippen LogP contribution in [0.25, 0.3) is 0 Å². The second-order valence-electron chi connectivity index (χ2n) is 3.68. The highest BCUT2D eigenvalue weighted by molar-refractivity contribution is 6.28. The molecule has 0 bridgehead atoms. The lowest BCUT2D eigenvalue weighted by atomic mass is 10.1. The molecule has 1 unspecified atom stereocenters. The molecule has 1 aliphatic rings. The normalized spacial score (nSPS) is 17.8. The number of aryl methyl sites for hydroxylation is 1. The maximum Gasteiger partial charge on any atom is 0.242 e. The van der Waals surface area contributed by atoms with Crippen LogP contribution in [0.2, 0.25) is 5.28 Å². The van der Waals surface area contributed by atoms with Gasteiger partial charge >= 0.3 is 0 Å². The summed E-state index contributed by atoms with van der Waals surface area (Å²) >= 11 is 5.66. The third-order valence-corrected chi connectivity index (χ3v) is 2.72. The van der Waals surface area contributed by atoms with Gasteiger partial charge in [0.25, 0.3) is 0 Å². The van der Waals surface area contributed by atoms with E-state index in [1.165, 1.54) is 12.8 Å². The van der Waals surface area contributed by atoms with Crippen LogP contribution >= 0.6 is 11.6 Å². The molecule has 2 rings (SSSR count). The summed E-state index contributed by atoms with van der Waals surface area (Å²) in [6.07, 6.45) is 2.33. The van der Waals surface area contributed by atoms with E-state index in [1.54, 1.807) is 4.68 Å². The Labute approximate surface area is 87.5 Å². The molecule has 1 atom stereocenters. The molecule has 74 valence electrons. The van der Waals surface area contributed by atoms with Gasteiger partial charge in [0, 0.05) is 0 Å². The largest absolute Gasteiger partial charge is 0.247 e. The van der Waals surface area contributed by atoms with Crippen molar-refractivity contribution in [1.82, 2.24) is 14.8 Å². The van der Waals surface area contributed by atoms with E-state index in [9.17, 15) is 0 Å². The first-order valence-electron chi connectivity index (χ1n) is 4.67. The van der Waals surface area contributed by atoms with E-state index in [4.69, 9.17) is 16.9 Å². The Morgan fingerprint density at radius 3 is 2.86 bits per heavy atom. The van der Waals surface area contributed by atoms with Crippen molar-refractivity contribution in [2.75, 3.05) is 0 Å². The number of halogens is 1. The van der Waals surface area contributed by atoms with Crippen LogP contribution in [0.4, 0.5) is 0 Å². The Hall–Kier alpha value is -1.08. The van der Waals surface area contributed by atoms with Gasteiger partial charge in [-0.2, -0.15) is 5.26 Å². The second kappa shape index (κ2) is 3.58. The van der Waals surface area contributed by atoms with Gasteiger partial charge in [-0.15, -0.1) is 5.10 Å². The smallest absolute Gasteiger partial charge is 0.242 e. The van der Waals surface area contributed by atoms with E-state index < -0.39 is 0 Å². The molecule has 4 nitrogen and oxygen atoms in total. The molecule has 1 aliphatic carbocycles. The van der Waals surface area contributed by atoms with Crippen molar-refractivity contribution >= 4 is 11.6 Å². The molecule has 1 aromatic heterocycles. The van der Waals surface area contributed by atoms with E-state index in [2.05, 4.69) is 16.2 Å². The lowest BCUT2D eigenvalue weighted by Crippen LogP contribution is -2.13. The van der Waals surface area contributed by atoms with E-state index in [0.717, 1.165) is 5.82 Å². The Morgan fingerprint density at radius 2 is 2.43 bits per heavy atom. The SMILES string of the molecule is Cc1nc(Cl)nn1CC(C#N)C1CC1. The monoisotopic (exact) mass is 210 g/mol. The van der Waals surface area contributed by atoms with E-state index in [-0.39, 0.29) is 11.2 Å². The molecular weight excluding hydrogens is 200 g/mol. The minimum Gasteiger partial charge on any atom is -0.247 e. The fourth-order valence-corrected chi connectivity index (χ4v) is 1.75. The average Bonchev–Trinajstić information content (AvgIpc) is 2.91. The van der Waals surface area contributed by atoms with Crippen LogP contribution in [0.3, 0.4) is 0 Å². The van der Waals surface area contributed by atoms with Gasteiger partial charge in [-0.25, -0.2) is 9.67 Å². The Kier molecular flexibility index (Phi) is 2.42. The second-order valence-corrected chi connectivity index (χ2v) is 4.02. The van der Waals surface area contributed by atoms with Crippen LogP contribution in [-0.2, 0) is 6.54 Å². The van der Waals surface area contributed by atoms with Crippen molar-refractivity contribution in [2.45, 2.75) is 26.3 Å². The molecule has 0 aliphatic heterocycles. The van der Waals surface area contributed by atoms with Crippen LogP contribution in [-0.4, -0.2) is 14.8 Å². The molecule has 5 heteroatoms. The van der Waals surface area contributed by atoms with Crippen molar-refractivity contribution < 1.29 is 0 Å². The third kappa shape index (κ3) is 1.88. The molecule has 0 spiro atoms. The highest BCUT2D eigenvalue weighted by Crippen LogP contribution is 2.37. The van der Waals surface area contributed by atoms with Crippen LogP contribution in [0, 0.1) is 30.1 Å². The summed E-state index contributed by atoms with van der Waals surface area (Å²) in [5, 5.41) is 13.2. The topological polar surface area (TPSA) is 54.5 Å². The van der Waals surface area contributed by atoms with Gasteiger partial charge in [0.2, 0.25) is 5.28 Å². The summed E-state index contributed by atoms with van der Waals surface area (Å²) in [5.41, 5.74) is 0. The summed E-state index contributed by atoms with van der Waals surface area (Å²) in [5.74, 6) is 1.39. The van der Waals surface area contributed by atoms with E-state index >= 15 is 0 Å². The predicted molar refractivity (Wildman–Crippen MR) is 51.6 cm³/mol. The number of rotatable bonds is 3. The zero-order valence-electron chi connectivity index (χ0n) is 7.94. The van der Waals surface area contributed by atoms with E-state index in [0.29, 0.717) is 12.5 Å². The Balaban J connectivity index is 2.09. The molecule has 1 saturated carbocycles. The van der Waals surface area contributed by atoms with Gasteiger partial charge in [0.1, 0.15) is 5.82 Å². The minimum atomic E-state index is 0.0615. The lowest BCUT2D eigenvalue weighted by Gasteiger charge is -2.07.